The van der Waals surface area contributed by atoms with E-state index in [2.05, 4.69) is 36.3 Å². The quantitative estimate of drug-likeness (QED) is 0.613. The molecular weight excluding hydrogens is 378 g/mol. The first-order valence-electron chi connectivity index (χ1n) is 7.89. The predicted molar refractivity (Wildman–Crippen MR) is 90.9 cm³/mol. The van der Waals surface area contributed by atoms with Crippen molar-refractivity contribution in [3.8, 4) is 0 Å². The van der Waals surface area contributed by atoms with E-state index in [1.807, 2.05) is 0 Å². The lowest BCUT2D eigenvalue weighted by Crippen LogP contribution is -2.57. The van der Waals surface area contributed by atoms with Gasteiger partial charge in [0.25, 0.3) is 11.6 Å². The van der Waals surface area contributed by atoms with Crippen molar-refractivity contribution < 1.29 is 9.72 Å². The molecule has 24 heavy (non-hydrogen) atoms. The first kappa shape index (κ1) is 15.5. The Bertz CT molecular complexity index is 828. The number of amides is 1. The third kappa shape index (κ3) is 2.48. The van der Waals surface area contributed by atoms with Crippen LogP contribution >= 0.6 is 15.9 Å². The number of carbonyl (C=O) groups excluding carboxylic acids is 1. The van der Waals surface area contributed by atoms with Gasteiger partial charge in [0, 0.05) is 12.6 Å². The first-order valence-corrected chi connectivity index (χ1v) is 8.68. The maximum absolute atomic E-state index is 12.7. The van der Waals surface area contributed by atoms with E-state index in [0.29, 0.717) is 15.9 Å². The number of halogens is 1. The zero-order valence-electron chi connectivity index (χ0n) is 12.8. The van der Waals surface area contributed by atoms with E-state index in [9.17, 15) is 14.9 Å². The summed E-state index contributed by atoms with van der Waals surface area (Å²) in [7, 11) is 0. The van der Waals surface area contributed by atoms with Gasteiger partial charge in [-0.05, 0) is 59.9 Å². The molecule has 1 atom stereocenters. The lowest BCUT2D eigenvalue weighted by atomic mass is 9.84. The van der Waals surface area contributed by atoms with E-state index in [4.69, 9.17) is 0 Å². The van der Waals surface area contributed by atoms with Gasteiger partial charge in [0.05, 0.1) is 14.9 Å². The van der Waals surface area contributed by atoms with Crippen LogP contribution in [0.25, 0.3) is 10.9 Å². The summed E-state index contributed by atoms with van der Waals surface area (Å²) in [6.45, 7) is 3.01. The number of benzene rings is 1. The van der Waals surface area contributed by atoms with Crippen LogP contribution in [0.2, 0.25) is 0 Å². The van der Waals surface area contributed by atoms with Crippen molar-refractivity contribution in [3.05, 3.63) is 32.4 Å². The zero-order valence-corrected chi connectivity index (χ0v) is 14.4. The van der Waals surface area contributed by atoms with Crippen molar-refractivity contribution in [2.24, 2.45) is 5.92 Å². The van der Waals surface area contributed by atoms with Gasteiger partial charge in [-0.3, -0.25) is 20.0 Å². The average Bonchev–Trinajstić information content (AvgIpc) is 2.99. The van der Waals surface area contributed by atoms with Gasteiger partial charge in [0.2, 0.25) is 0 Å². The monoisotopic (exact) mass is 393 g/mol. The summed E-state index contributed by atoms with van der Waals surface area (Å²) in [6, 6.07) is 3.33. The van der Waals surface area contributed by atoms with Gasteiger partial charge >= 0.3 is 0 Å². The van der Waals surface area contributed by atoms with E-state index in [1.165, 1.54) is 0 Å². The standard InChI is InChI=1S/C15H16BrN5O3/c16-9-1-2-10-12(14(9)21(23)24)13(19-18-10)15(22)17-11-7-20-5-3-8(11)4-6-20/h1-2,8,11H,3-7H2,(H,17,22)(H,18,19)/t11-/m1/s1. The Morgan fingerprint density at radius 1 is 1.42 bits per heavy atom. The molecule has 1 amide bonds. The second-order valence-corrected chi connectivity index (χ2v) is 7.22. The molecule has 2 aromatic rings. The highest BCUT2D eigenvalue weighted by atomic mass is 79.9. The Morgan fingerprint density at radius 3 is 2.79 bits per heavy atom. The number of aromatic amines is 1. The number of aromatic nitrogens is 2. The van der Waals surface area contributed by atoms with Gasteiger partial charge in [-0.25, -0.2) is 0 Å². The molecule has 0 aliphatic carbocycles. The topological polar surface area (TPSA) is 104 Å². The minimum Gasteiger partial charge on any atom is -0.346 e. The van der Waals surface area contributed by atoms with Crippen molar-refractivity contribution in [1.29, 1.82) is 0 Å². The molecule has 1 aromatic heterocycles. The molecule has 0 saturated carbocycles. The fraction of sp³-hybridized carbons (Fsp3) is 0.467. The molecule has 3 aliphatic rings. The lowest BCUT2D eigenvalue weighted by Gasteiger charge is -2.44. The maximum Gasteiger partial charge on any atom is 0.295 e. The number of nitrogens with one attached hydrogen (secondary N) is 2. The minimum atomic E-state index is -0.493. The summed E-state index contributed by atoms with van der Waals surface area (Å²) in [6.07, 6.45) is 2.16. The Morgan fingerprint density at radius 2 is 2.17 bits per heavy atom. The number of nitro groups is 1. The van der Waals surface area contributed by atoms with Gasteiger partial charge < -0.3 is 10.2 Å². The number of hydrogen-bond acceptors (Lipinski definition) is 5. The molecule has 0 unspecified atom stereocenters. The Kier molecular flexibility index (Phi) is 3.76. The van der Waals surface area contributed by atoms with Gasteiger partial charge in [-0.1, -0.05) is 0 Å². The van der Waals surface area contributed by atoms with Crippen LogP contribution in [0.5, 0.6) is 0 Å². The Labute approximate surface area is 145 Å². The van der Waals surface area contributed by atoms with Crippen LogP contribution in [-0.4, -0.2) is 51.6 Å². The van der Waals surface area contributed by atoms with Crippen LogP contribution in [0.1, 0.15) is 23.3 Å². The number of H-pyrrole nitrogens is 1. The average molecular weight is 394 g/mol. The van der Waals surface area contributed by atoms with Crippen molar-refractivity contribution in [1.82, 2.24) is 20.4 Å². The highest BCUT2D eigenvalue weighted by Crippen LogP contribution is 2.35. The van der Waals surface area contributed by atoms with Crippen molar-refractivity contribution >= 4 is 38.4 Å². The number of nitro benzene ring substituents is 1. The second-order valence-electron chi connectivity index (χ2n) is 6.37. The van der Waals surface area contributed by atoms with Crippen LogP contribution in [0.4, 0.5) is 5.69 Å². The molecule has 2 N–H and O–H groups in total. The Balaban J connectivity index is 1.67. The molecule has 2 bridgehead atoms. The normalized spacial score (nSPS) is 25.8. The summed E-state index contributed by atoms with van der Waals surface area (Å²) in [4.78, 5) is 25.9. The molecule has 5 rings (SSSR count). The van der Waals surface area contributed by atoms with E-state index in [0.717, 1.165) is 32.5 Å². The van der Waals surface area contributed by atoms with Crippen LogP contribution in [0.3, 0.4) is 0 Å². The van der Waals surface area contributed by atoms with E-state index in [-0.39, 0.29) is 28.7 Å². The summed E-state index contributed by atoms with van der Waals surface area (Å²) in [5, 5.41) is 21.4. The minimum absolute atomic E-state index is 0.0782. The van der Waals surface area contributed by atoms with E-state index < -0.39 is 4.92 Å². The number of piperidine rings is 3. The largest absolute Gasteiger partial charge is 0.346 e. The fourth-order valence-corrected chi connectivity index (χ4v) is 4.25. The highest BCUT2D eigenvalue weighted by molar-refractivity contribution is 9.10. The van der Waals surface area contributed by atoms with Crippen LogP contribution < -0.4 is 5.32 Å². The number of hydrogen-bond donors (Lipinski definition) is 2. The van der Waals surface area contributed by atoms with Gasteiger partial charge in [0.1, 0.15) is 5.39 Å². The molecule has 0 spiro atoms. The van der Waals surface area contributed by atoms with E-state index >= 15 is 0 Å². The Hall–Kier alpha value is -2.00. The molecule has 1 aromatic carbocycles. The molecule has 8 nitrogen and oxygen atoms in total. The second kappa shape index (κ2) is 5.82. The molecule has 9 heteroatoms. The molecule has 126 valence electrons. The number of nitrogens with zero attached hydrogens (tertiary/aromatic N) is 3. The molecule has 4 heterocycles. The summed E-state index contributed by atoms with van der Waals surface area (Å²) >= 11 is 3.19. The fourth-order valence-electron chi connectivity index (χ4n) is 3.78. The lowest BCUT2D eigenvalue weighted by molar-refractivity contribution is -0.383. The summed E-state index contributed by atoms with van der Waals surface area (Å²) in [5.74, 6) is 0.118. The SMILES string of the molecule is O=C(N[C@@H]1CN2CCC1CC2)c1n[nH]c2ccc(Br)c([N+](=O)[O-])c12. The first-order chi connectivity index (χ1) is 11.5. The van der Waals surface area contributed by atoms with Gasteiger partial charge in [-0.2, -0.15) is 5.10 Å². The van der Waals surface area contributed by atoms with Crippen LogP contribution in [0.15, 0.2) is 16.6 Å². The van der Waals surface area contributed by atoms with Crippen molar-refractivity contribution in [2.45, 2.75) is 18.9 Å². The number of carbonyl (C=O) groups is 1. The predicted octanol–water partition coefficient (Wildman–Crippen LogP) is 2.06. The third-order valence-corrected chi connectivity index (χ3v) is 5.66. The van der Waals surface area contributed by atoms with Crippen molar-refractivity contribution in [2.75, 3.05) is 19.6 Å². The highest BCUT2D eigenvalue weighted by Gasteiger charge is 2.36. The molecular formula is C15H16BrN5O3. The smallest absolute Gasteiger partial charge is 0.295 e. The number of rotatable bonds is 3. The zero-order chi connectivity index (χ0) is 16.8. The van der Waals surface area contributed by atoms with Gasteiger partial charge in [-0.15, -0.1) is 0 Å². The number of fused-ring (bicyclic) bond motifs is 4. The summed E-state index contributed by atoms with van der Waals surface area (Å²) < 4.78 is 0.332. The van der Waals surface area contributed by atoms with Gasteiger partial charge in [0.15, 0.2) is 5.69 Å². The molecule has 3 fully saturated rings. The molecule has 3 saturated heterocycles. The summed E-state index contributed by atoms with van der Waals surface area (Å²) in [5.41, 5.74) is 0.415. The van der Waals surface area contributed by atoms with Crippen LogP contribution in [-0.2, 0) is 0 Å². The van der Waals surface area contributed by atoms with Crippen molar-refractivity contribution in [3.63, 3.8) is 0 Å². The maximum atomic E-state index is 12.7. The van der Waals surface area contributed by atoms with E-state index in [1.54, 1.807) is 12.1 Å². The van der Waals surface area contributed by atoms with Crippen LogP contribution in [0, 0.1) is 16.0 Å². The third-order valence-electron chi connectivity index (χ3n) is 5.02. The molecule has 3 aliphatic heterocycles. The molecule has 0 radical (unpaired) electrons.